The maximum atomic E-state index is 4.83. The molecule has 2 rings (SSSR count). The van der Waals surface area contributed by atoms with Crippen molar-refractivity contribution in [2.45, 2.75) is 32.7 Å². The molecular formula is C17H22N2. The smallest absolute Gasteiger partial charge is 0.132 e. The lowest BCUT2D eigenvalue weighted by molar-refractivity contribution is 0.400. The molecule has 0 aromatic rings. The van der Waals surface area contributed by atoms with Gasteiger partial charge in [0.2, 0.25) is 0 Å². The van der Waals surface area contributed by atoms with E-state index in [2.05, 4.69) is 37.6 Å². The van der Waals surface area contributed by atoms with Gasteiger partial charge in [-0.3, -0.25) is 0 Å². The van der Waals surface area contributed by atoms with Gasteiger partial charge in [0.05, 0.1) is 5.71 Å². The van der Waals surface area contributed by atoms with Gasteiger partial charge in [0.1, 0.15) is 5.82 Å². The van der Waals surface area contributed by atoms with Crippen LogP contribution >= 0.6 is 0 Å². The number of nitrogens with zero attached hydrogens (tertiary/aromatic N) is 2. The second-order valence-electron chi connectivity index (χ2n) is 5.09. The first-order chi connectivity index (χ1) is 9.13. The molecule has 0 aliphatic heterocycles. The third-order valence-electron chi connectivity index (χ3n) is 3.42. The second-order valence-corrected chi connectivity index (χ2v) is 5.09. The summed E-state index contributed by atoms with van der Waals surface area (Å²) in [6.07, 6.45) is 14.7. The average molecular weight is 254 g/mol. The lowest BCUT2D eigenvalue weighted by atomic mass is 10.1. The van der Waals surface area contributed by atoms with Crippen LogP contribution in [0, 0.1) is 0 Å². The van der Waals surface area contributed by atoms with E-state index < -0.39 is 0 Å². The molecule has 0 aromatic carbocycles. The van der Waals surface area contributed by atoms with Gasteiger partial charge in [0.25, 0.3) is 0 Å². The van der Waals surface area contributed by atoms with E-state index in [1.54, 1.807) is 0 Å². The minimum absolute atomic E-state index is 0.649. The SMILES string of the molecule is C=C1C=CC=CC1=NC(=C(C)C=CC)N(C)C1CC1. The van der Waals surface area contributed by atoms with E-state index in [0.717, 1.165) is 17.1 Å². The highest BCUT2D eigenvalue weighted by Crippen LogP contribution is 2.30. The van der Waals surface area contributed by atoms with Gasteiger partial charge in [-0.1, -0.05) is 37.0 Å². The van der Waals surface area contributed by atoms with Crippen LogP contribution in [0.4, 0.5) is 0 Å². The van der Waals surface area contributed by atoms with Crippen molar-refractivity contribution in [2.75, 3.05) is 7.05 Å². The Labute approximate surface area is 116 Å². The summed E-state index contributed by atoms with van der Waals surface area (Å²) in [6, 6.07) is 0.649. The number of hydrogen-bond acceptors (Lipinski definition) is 2. The van der Waals surface area contributed by atoms with Crippen molar-refractivity contribution in [2.24, 2.45) is 4.99 Å². The summed E-state index contributed by atoms with van der Waals surface area (Å²) in [6.45, 7) is 8.20. The van der Waals surface area contributed by atoms with Crippen molar-refractivity contribution < 1.29 is 0 Å². The molecule has 1 fully saturated rings. The largest absolute Gasteiger partial charge is 0.356 e. The third kappa shape index (κ3) is 3.34. The maximum absolute atomic E-state index is 4.83. The Morgan fingerprint density at radius 2 is 2.05 bits per heavy atom. The molecule has 2 aliphatic rings. The van der Waals surface area contributed by atoms with Gasteiger partial charge in [0, 0.05) is 13.1 Å². The van der Waals surface area contributed by atoms with Crippen molar-refractivity contribution in [3.63, 3.8) is 0 Å². The zero-order valence-corrected chi connectivity index (χ0v) is 12.1. The standard InChI is InChI=1S/C17H22N2/c1-5-8-14(3)17(19(4)15-11-12-15)18-16-10-7-6-9-13(16)2/h5-10,15H,2,11-12H2,1,3-4H3. The van der Waals surface area contributed by atoms with E-state index in [-0.39, 0.29) is 0 Å². The molecular weight excluding hydrogens is 232 g/mol. The molecule has 2 nitrogen and oxygen atoms in total. The fourth-order valence-electron chi connectivity index (χ4n) is 2.14. The molecule has 0 aromatic heterocycles. The Bertz CT molecular complexity index is 511. The van der Waals surface area contributed by atoms with Gasteiger partial charge in [-0.15, -0.1) is 0 Å². The summed E-state index contributed by atoms with van der Waals surface area (Å²) >= 11 is 0. The normalized spacial score (nSPS) is 22.3. The predicted molar refractivity (Wildman–Crippen MR) is 83.2 cm³/mol. The first-order valence-corrected chi connectivity index (χ1v) is 6.82. The summed E-state index contributed by atoms with van der Waals surface area (Å²) in [4.78, 5) is 7.12. The molecule has 100 valence electrons. The van der Waals surface area contributed by atoms with Crippen LogP contribution in [0.25, 0.3) is 0 Å². The molecule has 0 N–H and O–H groups in total. The lowest BCUT2D eigenvalue weighted by Crippen LogP contribution is -2.21. The zero-order valence-electron chi connectivity index (χ0n) is 12.1. The fourth-order valence-corrected chi connectivity index (χ4v) is 2.14. The molecule has 2 heteroatoms. The Hall–Kier alpha value is -1.83. The van der Waals surface area contributed by atoms with E-state index >= 15 is 0 Å². The van der Waals surface area contributed by atoms with E-state index in [1.807, 2.05) is 31.2 Å². The molecule has 0 heterocycles. The average Bonchev–Trinajstić information content (AvgIpc) is 3.21. The molecule has 2 aliphatic carbocycles. The Morgan fingerprint density at radius 3 is 2.63 bits per heavy atom. The summed E-state index contributed by atoms with van der Waals surface area (Å²) in [5.74, 6) is 1.05. The summed E-state index contributed by atoms with van der Waals surface area (Å²) in [5.41, 5.74) is 3.12. The molecule has 1 saturated carbocycles. The minimum atomic E-state index is 0.649. The first kappa shape index (κ1) is 13.6. The van der Waals surface area contributed by atoms with Gasteiger partial charge in [0.15, 0.2) is 0 Å². The molecule has 0 saturated heterocycles. The summed E-state index contributed by atoms with van der Waals surface area (Å²) in [7, 11) is 2.13. The number of rotatable bonds is 4. The van der Waals surface area contributed by atoms with Crippen LogP contribution in [0.3, 0.4) is 0 Å². The van der Waals surface area contributed by atoms with Crippen LogP contribution in [-0.2, 0) is 0 Å². The zero-order chi connectivity index (χ0) is 13.8. The van der Waals surface area contributed by atoms with Crippen LogP contribution in [0.15, 0.2) is 65.0 Å². The highest BCUT2D eigenvalue weighted by Gasteiger charge is 2.28. The van der Waals surface area contributed by atoms with Gasteiger partial charge in [-0.25, -0.2) is 4.99 Å². The molecule has 0 unspecified atom stereocenters. The Kier molecular flexibility index (Phi) is 4.20. The van der Waals surface area contributed by atoms with Crippen LogP contribution in [0.2, 0.25) is 0 Å². The first-order valence-electron chi connectivity index (χ1n) is 6.82. The minimum Gasteiger partial charge on any atom is -0.356 e. The van der Waals surface area contributed by atoms with Gasteiger partial charge in [-0.05, 0) is 43.9 Å². The maximum Gasteiger partial charge on any atom is 0.132 e. The van der Waals surface area contributed by atoms with Gasteiger partial charge in [-0.2, -0.15) is 0 Å². The van der Waals surface area contributed by atoms with E-state index in [4.69, 9.17) is 4.99 Å². The summed E-state index contributed by atoms with van der Waals surface area (Å²) < 4.78 is 0. The van der Waals surface area contributed by atoms with E-state index in [0.29, 0.717) is 6.04 Å². The van der Waals surface area contributed by atoms with Crippen molar-refractivity contribution in [1.29, 1.82) is 0 Å². The third-order valence-corrected chi connectivity index (χ3v) is 3.42. The fraction of sp³-hybridized carbons (Fsp3) is 0.353. The van der Waals surface area contributed by atoms with Crippen LogP contribution in [-0.4, -0.2) is 23.7 Å². The summed E-state index contributed by atoms with van der Waals surface area (Å²) in [5, 5.41) is 0. The highest BCUT2D eigenvalue weighted by molar-refractivity contribution is 6.11. The van der Waals surface area contributed by atoms with Crippen LogP contribution in [0.1, 0.15) is 26.7 Å². The highest BCUT2D eigenvalue weighted by atomic mass is 15.2. The lowest BCUT2D eigenvalue weighted by Gasteiger charge is -2.21. The topological polar surface area (TPSA) is 15.6 Å². The monoisotopic (exact) mass is 254 g/mol. The predicted octanol–water partition coefficient (Wildman–Crippen LogP) is 4.01. The van der Waals surface area contributed by atoms with Gasteiger partial charge >= 0.3 is 0 Å². The number of allylic oxidation sites excluding steroid dienone is 8. The second kappa shape index (κ2) is 5.87. The Morgan fingerprint density at radius 1 is 1.37 bits per heavy atom. The van der Waals surface area contributed by atoms with Crippen molar-refractivity contribution in [1.82, 2.24) is 4.90 Å². The van der Waals surface area contributed by atoms with Crippen molar-refractivity contribution >= 4 is 5.71 Å². The van der Waals surface area contributed by atoms with Crippen molar-refractivity contribution in [3.8, 4) is 0 Å². The van der Waals surface area contributed by atoms with Gasteiger partial charge < -0.3 is 4.90 Å². The molecule has 0 spiro atoms. The Balaban J connectivity index is 2.35. The number of aliphatic imine (C=N–C) groups is 1. The van der Waals surface area contributed by atoms with E-state index in [1.165, 1.54) is 18.4 Å². The molecule has 0 radical (unpaired) electrons. The van der Waals surface area contributed by atoms with Crippen LogP contribution < -0.4 is 0 Å². The van der Waals surface area contributed by atoms with Crippen molar-refractivity contribution in [3.05, 3.63) is 60.0 Å². The molecule has 19 heavy (non-hydrogen) atoms. The van der Waals surface area contributed by atoms with E-state index in [9.17, 15) is 0 Å². The molecule has 0 amide bonds. The molecule has 0 bridgehead atoms. The van der Waals surface area contributed by atoms with Crippen LogP contribution in [0.5, 0.6) is 0 Å². The number of hydrogen-bond donors (Lipinski definition) is 0. The molecule has 0 atom stereocenters. The quantitative estimate of drug-likeness (QED) is 0.692.